The summed E-state index contributed by atoms with van der Waals surface area (Å²) in [6, 6.07) is 9.87. The van der Waals surface area contributed by atoms with Gasteiger partial charge in [0.25, 0.3) is 5.91 Å². The van der Waals surface area contributed by atoms with Gasteiger partial charge in [0.1, 0.15) is 0 Å². The number of carbonyl (C=O) groups excluding carboxylic acids is 1. The van der Waals surface area contributed by atoms with Crippen molar-refractivity contribution >= 4 is 56.4 Å². The van der Waals surface area contributed by atoms with Crippen LogP contribution >= 0.6 is 23.2 Å². The molecule has 2 aliphatic heterocycles. The largest absolute Gasteiger partial charge is 0.378 e. The normalized spacial score (nSPS) is 18.5. The number of hydrogen-bond donors (Lipinski definition) is 2. The highest BCUT2D eigenvalue weighted by atomic mass is 35.5. The highest BCUT2D eigenvalue weighted by Gasteiger charge is 2.28. The van der Waals surface area contributed by atoms with E-state index in [2.05, 4.69) is 14.9 Å². The molecule has 2 aromatic rings. The van der Waals surface area contributed by atoms with Gasteiger partial charge < -0.3 is 15.0 Å². The predicted octanol–water partition coefficient (Wildman–Crippen LogP) is 2.74. The first-order chi connectivity index (χ1) is 14.3. The quantitative estimate of drug-likeness (QED) is 0.716. The number of rotatable bonds is 4. The van der Waals surface area contributed by atoms with Crippen molar-refractivity contribution in [1.29, 1.82) is 0 Å². The average molecular weight is 471 g/mol. The standard InChI is InChI=1S/C19H20Cl2N4O4S/c20-13-9-14(11-16(10-13)24-5-7-29-8-6-24)23-19(26)17-12-15(1-2-18(17)21)25-4-3-22-30(25,27)28/h1-2,9-12,22H,3-8H2,(H,23,26). The zero-order valence-corrected chi connectivity index (χ0v) is 18.2. The first-order valence-corrected chi connectivity index (χ1v) is 11.5. The number of benzene rings is 2. The van der Waals surface area contributed by atoms with Crippen molar-refractivity contribution in [2.24, 2.45) is 0 Å². The van der Waals surface area contributed by atoms with E-state index in [1.165, 1.54) is 16.4 Å². The van der Waals surface area contributed by atoms with Gasteiger partial charge >= 0.3 is 10.2 Å². The number of hydrogen-bond acceptors (Lipinski definition) is 5. The lowest BCUT2D eigenvalue weighted by Gasteiger charge is -2.29. The maximum atomic E-state index is 12.9. The van der Waals surface area contributed by atoms with Crippen molar-refractivity contribution in [3.05, 3.63) is 52.0 Å². The Morgan fingerprint density at radius 2 is 1.80 bits per heavy atom. The van der Waals surface area contributed by atoms with Crippen molar-refractivity contribution in [1.82, 2.24) is 4.72 Å². The summed E-state index contributed by atoms with van der Waals surface area (Å²) in [6.45, 7) is 3.32. The number of amides is 1. The van der Waals surface area contributed by atoms with Gasteiger partial charge in [-0.15, -0.1) is 0 Å². The van der Waals surface area contributed by atoms with Crippen molar-refractivity contribution in [2.45, 2.75) is 0 Å². The molecule has 0 unspecified atom stereocenters. The second-order valence-corrected chi connectivity index (χ2v) is 9.41. The number of halogens is 2. The summed E-state index contributed by atoms with van der Waals surface area (Å²) in [7, 11) is -3.60. The minimum absolute atomic E-state index is 0.171. The zero-order valence-electron chi connectivity index (χ0n) is 15.9. The maximum Gasteiger partial charge on any atom is 0.301 e. The molecule has 0 bridgehead atoms. The summed E-state index contributed by atoms with van der Waals surface area (Å²) < 4.78 is 33.2. The molecule has 8 nitrogen and oxygen atoms in total. The predicted molar refractivity (Wildman–Crippen MR) is 118 cm³/mol. The maximum absolute atomic E-state index is 12.9. The van der Waals surface area contributed by atoms with Gasteiger partial charge in [-0.1, -0.05) is 23.2 Å². The highest BCUT2D eigenvalue weighted by molar-refractivity contribution is 7.91. The molecule has 0 aromatic heterocycles. The van der Waals surface area contributed by atoms with E-state index >= 15 is 0 Å². The lowest BCUT2D eigenvalue weighted by atomic mass is 10.1. The van der Waals surface area contributed by atoms with Crippen molar-refractivity contribution in [3.63, 3.8) is 0 Å². The van der Waals surface area contributed by atoms with Crippen molar-refractivity contribution < 1.29 is 17.9 Å². The fourth-order valence-electron chi connectivity index (χ4n) is 3.43. The molecule has 2 heterocycles. The van der Waals surface area contributed by atoms with E-state index in [4.69, 9.17) is 27.9 Å². The van der Waals surface area contributed by atoms with E-state index in [1.54, 1.807) is 12.1 Å². The van der Waals surface area contributed by atoms with Crippen LogP contribution in [0.4, 0.5) is 17.1 Å². The topological polar surface area (TPSA) is 91.0 Å². The molecule has 2 aliphatic rings. The highest BCUT2D eigenvalue weighted by Crippen LogP contribution is 2.29. The first-order valence-electron chi connectivity index (χ1n) is 9.35. The number of nitrogens with one attached hydrogen (secondary N) is 2. The molecule has 2 N–H and O–H groups in total. The fourth-order valence-corrected chi connectivity index (χ4v) is 5.09. The SMILES string of the molecule is O=C(Nc1cc(Cl)cc(N2CCOCC2)c1)c1cc(N2CCNS2(=O)=O)ccc1Cl. The molecule has 0 spiro atoms. The van der Waals surface area contributed by atoms with Gasteiger partial charge in [-0.2, -0.15) is 13.1 Å². The molecule has 0 radical (unpaired) electrons. The molecular formula is C19H20Cl2N4O4S. The fraction of sp³-hybridized carbons (Fsp3) is 0.316. The summed E-state index contributed by atoms with van der Waals surface area (Å²) in [5.41, 5.74) is 1.94. The van der Waals surface area contributed by atoms with Crippen LogP contribution in [0.1, 0.15) is 10.4 Å². The van der Waals surface area contributed by atoms with Crippen LogP contribution in [0.2, 0.25) is 10.0 Å². The minimum Gasteiger partial charge on any atom is -0.378 e. The van der Waals surface area contributed by atoms with Crippen LogP contribution in [0.15, 0.2) is 36.4 Å². The second kappa shape index (κ2) is 8.60. The molecule has 160 valence electrons. The Hall–Kier alpha value is -2.04. The molecule has 0 atom stereocenters. The van der Waals surface area contributed by atoms with Gasteiger partial charge in [-0.25, -0.2) is 0 Å². The van der Waals surface area contributed by atoms with Crippen LogP contribution in [-0.4, -0.2) is 53.7 Å². The van der Waals surface area contributed by atoms with Gasteiger partial charge in [-0.05, 0) is 36.4 Å². The Labute approximate surface area is 184 Å². The van der Waals surface area contributed by atoms with Gasteiger partial charge in [0.05, 0.1) is 29.5 Å². The van der Waals surface area contributed by atoms with E-state index in [0.717, 1.165) is 18.8 Å². The third kappa shape index (κ3) is 4.50. The van der Waals surface area contributed by atoms with Crippen LogP contribution in [0, 0.1) is 0 Å². The van der Waals surface area contributed by atoms with Crippen LogP contribution in [0.5, 0.6) is 0 Å². The Balaban J connectivity index is 1.58. The van der Waals surface area contributed by atoms with Crippen molar-refractivity contribution in [3.8, 4) is 0 Å². The lowest BCUT2D eigenvalue weighted by Crippen LogP contribution is -2.36. The number of carbonyl (C=O) groups is 1. The van der Waals surface area contributed by atoms with E-state index < -0.39 is 16.1 Å². The summed E-state index contributed by atoms with van der Waals surface area (Å²) >= 11 is 12.5. The molecule has 4 rings (SSSR count). The summed E-state index contributed by atoms with van der Waals surface area (Å²) in [4.78, 5) is 15.0. The van der Waals surface area contributed by atoms with E-state index in [0.29, 0.717) is 36.2 Å². The molecule has 11 heteroatoms. The average Bonchev–Trinajstić information content (AvgIpc) is 3.07. The summed E-state index contributed by atoms with van der Waals surface area (Å²) in [6.07, 6.45) is 0. The van der Waals surface area contributed by atoms with Crippen LogP contribution in [0.3, 0.4) is 0 Å². The molecule has 30 heavy (non-hydrogen) atoms. The number of ether oxygens (including phenoxy) is 1. The Bertz CT molecular complexity index is 1070. The molecule has 2 aromatic carbocycles. The molecule has 2 saturated heterocycles. The van der Waals surface area contributed by atoms with Crippen LogP contribution < -0.4 is 19.2 Å². The van der Waals surface area contributed by atoms with E-state index in [-0.39, 0.29) is 17.1 Å². The van der Waals surface area contributed by atoms with Crippen molar-refractivity contribution in [2.75, 3.05) is 53.9 Å². The second-order valence-electron chi connectivity index (χ2n) is 6.89. The molecule has 0 aliphatic carbocycles. The minimum atomic E-state index is -3.60. The van der Waals surface area contributed by atoms with Gasteiger partial charge in [0, 0.05) is 42.6 Å². The lowest BCUT2D eigenvalue weighted by molar-refractivity contribution is 0.102. The smallest absolute Gasteiger partial charge is 0.301 e. The Morgan fingerprint density at radius 1 is 1.03 bits per heavy atom. The van der Waals surface area contributed by atoms with E-state index in [9.17, 15) is 13.2 Å². The van der Waals surface area contributed by atoms with Gasteiger partial charge in [0.15, 0.2) is 0 Å². The molecular weight excluding hydrogens is 451 g/mol. The summed E-state index contributed by atoms with van der Waals surface area (Å²) in [5, 5.41) is 3.52. The van der Waals surface area contributed by atoms with Gasteiger partial charge in [-0.3, -0.25) is 9.10 Å². The number of anilines is 3. The monoisotopic (exact) mass is 470 g/mol. The van der Waals surface area contributed by atoms with Gasteiger partial charge in [0.2, 0.25) is 0 Å². The molecule has 2 fully saturated rings. The van der Waals surface area contributed by atoms with Crippen LogP contribution in [-0.2, 0) is 14.9 Å². The van der Waals surface area contributed by atoms with E-state index in [1.807, 2.05) is 12.1 Å². The molecule has 1 amide bonds. The summed E-state index contributed by atoms with van der Waals surface area (Å²) in [5.74, 6) is -0.457. The third-order valence-electron chi connectivity index (χ3n) is 4.89. The third-order valence-corrected chi connectivity index (χ3v) is 6.98. The number of nitrogens with zero attached hydrogens (tertiary/aromatic N) is 2. The first kappa shape index (κ1) is 21.2. The Morgan fingerprint density at radius 3 is 2.50 bits per heavy atom. The number of morpholine rings is 1. The Kier molecular flexibility index (Phi) is 6.08. The zero-order chi connectivity index (χ0) is 21.3. The van der Waals surface area contributed by atoms with Crippen LogP contribution in [0.25, 0.3) is 0 Å². The molecule has 0 saturated carbocycles.